The van der Waals surface area contributed by atoms with Gasteiger partial charge in [-0.05, 0) is 150 Å². The van der Waals surface area contributed by atoms with Gasteiger partial charge in [0.1, 0.15) is 16.8 Å². The Hall–Kier alpha value is -2.24. The highest BCUT2D eigenvalue weighted by atomic mass is 16.7. The molecule has 1 saturated heterocycles. The normalized spacial score (nSPS) is 37.1. The number of hydrogen-bond donors (Lipinski definition) is 2. The molecule has 1 heterocycles. The summed E-state index contributed by atoms with van der Waals surface area (Å²) in [7, 11) is 0. The molecule has 11 heteroatoms. The van der Waals surface area contributed by atoms with E-state index in [1.165, 1.54) is 0 Å². The molecule has 358 valence electrons. The summed E-state index contributed by atoms with van der Waals surface area (Å²) >= 11 is 0. The van der Waals surface area contributed by atoms with E-state index in [-0.39, 0.29) is 100 Å². The summed E-state index contributed by atoms with van der Waals surface area (Å²) < 4.78 is 30.8. The van der Waals surface area contributed by atoms with Crippen LogP contribution in [0.4, 0.5) is 0 Å². The molecule has 11 nitrogen and oxygen atoms in total. The Balaban J connectivity index is 0.00000310. The van der Waals surface area contributed by atoms with Gasteiger partial charge in [-0.3, -0.25) is 19.2 Å². The molecule has 8 saturated carbocycles. The number of aliphatic hydroxyl groups is 2. The highest BCUT2D eigenvalue weighted by Crippen LogP contribution is 2.65. The minimum atomic E-state index is -1.37. The summed E-state index contributed by atoms with van der Waals surface area (Å²) in [6.07, 6.45) is 9.03. The van der Waals surface area contributed by atoms with Gasteiger partial charge in [0.15, 0.2) is 0 Å². The molecular formula is C50H92O11. The third-order valence-electron chi connectivity index (χ3n) is 14.7. The van der Waals surface area contributed by atoms with E-state index < -0.39 is 73.9 Å². The van der Waals surface area contributed by atoms with Crippen molar-refractivity contribution >= 4 is 23.9 Å². The third-order valence-corrected chi connectivity index (χ3v) is 14.7. The molecule has 0 aromatic carbocycles. The second kappa shape index (κ2) is 18.7. The second-order valence-corrected chi connectivity index (χ2v) is 22.3. The van der Waals surface area contributed by atoms with E-state index in [4.69, 9.17) is 23.7 Å². The Morgan fingerprint density at radius 1 is 0.623 bits per heavy atom. The number of rotatable bonds is 12. The van der Waals surface area contributed by atoms with Gasteiger partial charge < -0.3 is 33.9 Å². The van der Waals surface area contributed by atoms with E-state index in [0.717, 1.165) is 32.1 Å². The van der Waals surface area contributed by atoms with Crippen LogP contribution in [0.2, 0.25) is 0 Å². The van der Waals surface area contributed by atoms with Crippen molar-refractivity contribution in [3.8, 4) is 0 Å². The molecule has 8 aliphatic carbocycles. The van der Waals surface area contributed by atoms with Gasteiger partial charge in [-0.1, -0.05) is 51.5 Å². The van der Waals surface area contributed by atoms with E-state index >= 15 is 0 Å². The quantitative estimate of drug-likeness (QED) is 0.142. The van der Waals surface area contributed by atoms with E-state index in [1.54, 1.807) is 20.8 Å². The topological polar surface area (TPSA) is 155 Å². The molecule has 9 rings (SSSR count). The zero-order valence-electron chi connectivity index (χ0n) is 34.8. The van der Waals surface area contributed by atoms with E-state index in [9.17, 15) is 29.4 Å². The van der Waals surface area contributed by atoms with Crippen LogP contribution in [0.3, 0.4) is 0 Å². The molecule has 0 aromatic heterocycles. The third kappa shape index (κ3) is 11.2. The summed E-state index contributed by atoms with van der Waals surface area (Å²) in [5, 5.41) is 23.0. The molecular weight excluding hydrogens is 777 g/mol. The zero-order chi connectivity index (χ0) is 40.1. The van der Waals surface area contributed by atoms with Gasteiger partial charge in [-0.2, -0.15) is 0 Å². The van der Waals surface area contributed by atoms with Gasteiger partial charge in [-0.15, -0.1) is 0 Å². The van der Waals surface area contributed by atoms with Crippen molar-refractivity contribution in [2.75, 3.05) is 6.61 Å². The highest BCUT2D eigenvalue weighted by Gasteiger charge is 2.67. The standard InChI is InChI=1S/C44H68O11.6CH4/c1-9-38(7,33(46)54-43-19-28-14-29(20-43)16-40(15-28,24-43)35(48)53-36(2,3)4)23-39(8,22-37(5,6)32(45)52-31-12-10-11-13-51-31)34(47)55-44-21-30-17-41(49,26-44)25-42(50,18-30)27-44;;;;;;/h28-31,49-50H,9-27H2,1-8H3;6*1H4. The molecule has 2 N–H and O–H groups in total. The van der Waals surface area contributed by atoms with Crippen LogP contribution in [0.1, 0.15) is 216 Å². The fourth-order valence-electron chi connectivity index (χ4n) is 13.5. The van der Waals surface area contributed by atoms with Crippen molar-refractivity contribution in [3.63, 3.8) is 0 Å². The molecule has 9 fully saturated rings. The van der Waals surface area contributed by atoms with Crippen LogP contribution >= 0.6 is 0 Å². The number of carbonyl (C=O) groups is 4. The van der Waals surface area contributed by atoms with Crippen molar-refractivity contribution < 1.29 is 53.1 Å². The summed E-state index contributed by atoms with van der Waals surface area (Å²) in [5.41, 5.74) is -9.04. The lowest BCUT2D eigenvalue weighted by molar-refractivity contribution is -0.265. The number of ether oxygens (including phenoxy) is 5. The second-order valence-electron chi connectivity index (χ2n) is 22.3. The highest BCUT2D eigenvalue weighted by molar-refractivity contribution is 5.83. The van der Waals surface area contributed by atoms with Crippen molar-refractivity contribution in [2.24, 2.45) is 39.4 Å². The van der Waals surface area contributed by atoms with Gasteiger partial charge >= 0.3 is 23.9 Å². The van der Waals surface area contributed by atoms with Gasteiger partial charge in [-0.25, -0.2) is 0 Å². The van der Waals surface area contributed by atoms with Crippen molar-refractivity contribution in [1.82, 2.24) is 0 Å². The van der Waals surface area contributed by atoms with Gasteiger partial charge in [0, 0.05) is 32.1 Å². The van der Waals surface area contributed by atoms with Gasteiger partial charge in [0.25, 0.3) is 0 Å². The zero-order valence-corrected chi connectivity index (χ0v) is 34.8. The first kappa shape index (κ1) is 56.8. The number of esters is 4. The maximum absolute atomic E-state index is 14.9. The molecule has 1 aliphatic heterocycles. The maximum atomic E-state index is 14.9. The Labute approximate surface area is 371 Å². The summed E-state index contributed by atoms with van der Waals surface area (Å²) in [5.74, 6) is -1.09. The fraction of sp³-hybridized carbons (Fsp3) is 0.920. The predicted molar refractivity (Wildman–Crippen MR) is 241 cm³/mol. The first-order valence-corrected chi connectivity index (χ1v) is 21.3. The monoisotopic (exact) mass is 869 g/mol. The van der Waals surface area contributed by atoms with Crippen LogP contribution in [-0.2, 0) is 42.9 Å². The van der Waals surface area contributed by atoms with Crippen LogP contribution in [-0.4, -0.2) is 75.0 Å². The lowest BCUT2D eigenvalue weighted by Crippen LogP contribution is -2.67. The molecule has 7 unspecified atom stereocenters. The average Bonchev–Trinajstić information content (AvgIpc) is 3.01. The van der Waals surface area contributed by atoms with Crippen molar-refractivity contribution in [3.05, 3.63) is 0 Å². The maximum Gasteiger partial charge on any atom is 0.313 e. The Bertz CT molecular complexity index is 1520. The number of hydrogen-bond acceptors (Lipinski definition) is 11. The van der Waals surface area contributed by atoms with Crippen LogP contribution in [0.25, 0.3) is 0 Å². The summed E-state index contributed by atoms with van der Waals surface area (Å²) in [4.78, 5) is 57.3. The molecule has 7 atom stereocenters. The van der Waals surface area contributed by atoms with Gasteiger partial charge in [0.05, 0.1) is 39.5 Å². The largest absolute Gasteiger partial charge is 0.460 e. The molecule has 8 bridgehead atoms. The SMILES string of the molecule is C.C.C.C.C.C.CCC(C)(CC(C)(CC(C)(C)C(=O)OC1CCCCO1)C(=O)OC12CC3CC(O)(CC(O)(C3)C1)C2)C(=O)OC12CC3CC(C1)CC(C(=O)OC(C)(C)C)(C3)C2. The van der Waals surface area contributed by atoms with Crippen molar-refractivity contribution in [1.29, 1.82) is 0 Å². The minimum absolute atomic E-state index is 0. The Morgan fingerprint density at radius 3 is 1.64 bits per heavy atom. The van der Waals surface area contributed by atoms with Crippen LogP contribution in [0, 0.1) is 39.4 Å². The lowest BCUT2D eigenvalue weighted by Gasteiger charge is -2.62. The minimum Gasteiger partial charge on any atom is -0.460 e. The Morgan fingerprint density at radius 2 is 1.15 bits per heavy atom. The van der Waals surface area contributed by atoms with E-state index in [2.05, 4.69) is 0 Å². The smallest absolute Gasteiger partial charge is 0.313 e. The molecule has 0 spiro atoms. The predicted octanol–water partition coefficient (Wildman–Crippen LogP) is 11.1. The Kier molecular flexibility index (Phi) is 17.4. The lowest BCUT2D eigenvalue weighted by atomic mass is 9.47. The van der Waals surface area contributed by atoms with Crippen LogP contribution in [0.15, 0.2) is 0 Å². The first-order valence-electron chi connectivity index (χ1n) is 21.3. The fourth-order valence-corrected chi connectivity index (χ4v) is 13.5. The van der Waals surface area contributed by atoms with E-state index in [0.29, 0.717) is 58.0 Å². The van der Waals surface area contributed by atoms with Gasteiger partial charge in [0.2, 0.25) is 6.29 Å². The van der Waals surface area contributed by atoms with E-state index in [1.807, 2.05) is 34.6 Å². The van der Waals surface area contributed by atoms with Crippen molar-refractivity contribution in [2.45, 2.75) is 250 Å². The number of carbonyl (C=O) groups excluding carboxylic acids is 4. The molecule has 61 heavy (non-hydrogen) atoms. The molecule has 0 amide bonds. The summed E-state index contributed by atoms with van der Waals surface area (Å²) in [6.45, 7) is 15.2. The average molecular weight is 869 g/mol. The summed E-state index contributed by atoms with van der Waals surface area (Å²) in [6, 6.07) is 0. The molecule has 0 radical (unpaired) electrons. The first-order chi connectivity index (χ1) is 25.3. The van der Waals surface area contributed by atoms with Crippen LogP contribution < -0.4 is 0 Å². The molecule has 9 aliphatic rings. The van der Waals surface area contributed by atoms with Crippen LogP contribution in [0.5, 0.6) is 0 Å². The molecule has 0 aromatic rings.